The van der Waals surface area contributed by atoms with Crippen LogP contribution in [0.25, 0.3) is 0 Å². The van der Waals surface area contributed by atoms with E-state index >= 15 is 0 Å². The molecule has 0 spiro atoms. The Morgan fingerprint density at radius 1 is 1.20 bits per heavy atom. The van der Waals surface area contributed by atoms with Crippen molar-refractivity contribution in [3.05, 3.63) is 51.1 Å². The number of carbonyl (C=O) groups excluding carboxylic acids is 1. The van der Waals surface area contributed by atoms with Crippen LogP contribution in [0.2, 0.25) is 0 Å². The minimum Gasteiger partial charge on any atom is -0.346 e. The second-order valence-corrected chi connectivity index (χ2v) is 6.08. The molecular weight excluding hydrogens is 324 g/mol. The zero-order valence-corrected chi connectivity index (χ0v) is 14.2. The summed E-state index contributed by atoms with van der Waals surface area (Å²) < 4.78 is 2.14. The molecule has 0 bridgehead atoms. The van der Waals surface area contributed by atoms with Gasteiger partial charge in [-0.2, -0.15) is 0 Å². The Morgan fingerprint density at radius 3 is 2.64 bits per heavy atom. The van der Waals surface area contributed by atoms with Crippen molar-refractivity contribution in [2.75, 3.05) is 18.0 Å². The molecule has 1 saturated heterocycles. The van der Waals surface area contributed by atoms with E-state index in [1.807, 2.05) is 4.90 Å². The van der Waals surface area contributed by atoms with E-state index in [2.05, 4.69) is 15.3 Å². The second kappa shape index (κ2) is 6.88. The van der Waals surface area contributed by atoms with E-state index in [4.69, 9.17) is 0 Å². The second-order valence-electron chi connectivity index (χ2n) is 6.08. The first kappa shape index (κ1) is 16.9. The van der Waals surface area contributed by atoms with Crippen molar-refractivity contribution in [1.29, 1.82) is 0 Å². The van der Waals surface area contributed by atoms with Crippen molar-refractivity contribution in [1.82, 2.24) is 24.4 Å². The van der Waals surface area contributed by atoms with Gasteiger partial charge in [0.05, 0.1) is 0 Å². The summed E-state index contributed by atoms with van der Waals surface area (Å²) in [6.07, 6.45) is 5.06. The highest BCUT2D eigenvalue weighted by Crippen LogP contribution is 2.15. The van der Waals surface area contributed by atoms with Gasteiger partial charge in [0.15, 0.2) is 0 Å². The predicted octanol–water partition coefficient (Wildman–Crippen LogP) is -0.727. The summed E-state index contributed by atoms with van der Waals surface area (Å²) >= 11 is 0. The lowest BCUT2D eigenvalue weighted by atomic mass is 10.1. The molecule has 132 valence electrons. The first-order valence-corrected chi connectivity index (χ1v) is 8.07. The molecule has 0 saturated carbocycles. The molecule has 25 heavy (non-hydrogen) atoms. The zero-order valence-electron chi connectivity index (χ0n) is 14.2. The summed E-state index contributed by atoms with van der Waals surface area (Å²) in [4.78, 5) is 46.8. The number of anilines is 1. The van der Waals surface area contributed by atoms with E-state index < -0.39 is 17.2 Å². The van der Waals surface area contributed by atoms with E-state index in [1.165, 1.54) is 24.7 Å². The van der Waals surface area contributed by atoms with Gasteiger partial charge in [0.25, 0.3) is 11.5 Å². The van der Waals surface area contributed by atoms with Crippen LogP contribution < -0.4 is 21.5 Å². The highest BCUT2D eigenvalue weighted by atomic mass is 16.2. The first-order chi connectivity index (χ1) is 12.0. The maximum absolute atomic E-state index is 12.5. The number of rotatable bonds is 3. The molecule has 9 heteroatoms. The van der Waals surface area contributed by atoms with Gasteiger partial charge in [-0.05, 0) is 18.9 Å². The third kappa shape index (κ3) is 3.44. The predicted molar refractivity (Wildman–Crippen MR) is 91.7 cm³/mol. The topological polar surface area (TPSA) is 102 Å². The van der Waals surface area contributed by atoms with Crippen molar-refractivity contribution in [2.45, 2.75) is 18.9 Å². The van der Waals surface area contributed by atoms with Crippen LogP contribution in [-0.4, -0.2) is 44.1 Å². The Hall–Kier alpha value is -2.97. The minimum atomic E-state index is -0.527. The zero-order chi connectivity index (χ0) is 18.0. The normalized spacial score (nSPS) is 17.4. The van der Waals surface area contributed by atoms with Crippen LogP contribution in [0.5, 0.6) is 0 Å². The summed E-state index contributed by atoms with van der Waals surface area (Å²) in [5.74, 6) is 0.195. The van der Waals surface area contributed by atoms with Crippen LogP contribution in [0.4, 0.5) is 5.95 Å². The lowest BCUT2D eigenvalue weighted by molar-refractivity contribution is 0.0922. The SMILES string of the molecule is Cn1c(C(=O)N[C@@H]2CCCN(c3ncccn3)C2)cc(=O)n(C)c1=O. The van der Waals surface area contributed by atoms with Gasteiger partial charge in [-0.15, -0.1) is 0 Å². The molecule has 0 aliphatic carbocycles. The van der Waals surface area contributed by atoms with Gasteiger partial charge < -0.3 is 10.2 Å². The van der Waals surface area contributed by atoms with Crippen LogP contribution in [0.3, 0.4) is 0 Å². The van der Waals surface area contributed by atoms with Gasteiger partial charge in [-0.3, -0.25) is 18.7 Å². The Bertz CT molecular complexity index is 889. The van der Waals surface area contributed by atoms with E-state index in [0.717, 1.165) is 24.0 Å². The van der Waals surface area contributed by atoms with Crippen molar-refractivity contribution >= 4 is 11.9 Å². The van der Waals surface area contributed by atoms with Gasteiger partial charge >= 0.3 is 5.69 Å². The molecule has 2 aromatic rings. The summed E-state index contributed by atoms with van der Waals surface area (Å²) in [6, 6.07) is 2.82. The molecule has 1 N–H and O–H groups in total. The number of nitrogens with one attached hydrogen (secondary N) is 1. The molecule has 2 aromatic heterocycles. The average Bonchev–Trinajstić information content (AvgIpc) is 2.64. The molecule has 1 atom stereocenters. The Labute approximate surface area is 143 Å². The molecular formula is C16H20N6O3. The van der Waals surface area contributed by atoms with E-state index in [9.17, 15) is 14.4 Å². The fraction of sp³-hybridized carbons (Fsp3) is 0.438. The van der Waals surface area contributed by atoms with Crippen LogP contribution in [0.15, 0.2) is 34.1 Å². The highest BCUT2D eigenvalue weighted by Gasteiger charge is 2.24. The lowest BCUT2D eigenvalue weighted by Crippen LogP contribution is -2.49. The number of carbonyl (C=O) groups is 1. The molecule has 3 heterocycles. The number of nitrogens with zero attached hydrogens (tertiary/aromatic N) is 5. The van der Waals surface area contributed by atoms with Gasteiger partial charge in [0.1, 0.15) is 5.69 Å². The molecule has 1 amide bonds. The summed E-state index contributed by atoms with van der Waals surface area (Å²) in [7, 11) is 2.85. The van der Waals surface area contributed by atoms with Crippen LogP contribution in [0, 0.1) is 0 Å². The molecule has 0 unspecified atom stereocenters. The molecule has 1 aliphatic rings. The summed E-state index contributed by atoms with van der Waals surface area (Å²) in [5.41, 5.74) is -0.974. The van der Waals surface area contributed by atoms with E-state index in [-0.39, 0.29) is 11.7 Å². The molecule has 9 nitrogen and oxygen atoms in total. The van der Waals surface area contributed by atoms with Crippen LogP contribution in [-0.2, 0) is 14.1 Å². The molecule has 1 fully saturated rings. The fourth-order valence-electron chi connectivity index (χ4n) is 2.94. The molecule has 1 aliphatic heterocycles. The number of aromatic nitrogens is 4. The molecule has 0 radical (unpaired) electrons. The van der Waals surface area contributed by atoms with Crippen molar-refractivity contribution < 1.29 is 4.79 Å². The Morgan fingerprint density at radius 2 is 1.92 bits per heavy atom. The van der Waals surface area contributed by atoms with Crippen molar-refractivity contribution in [3.63, 3.8) is 0 Å². The minimum absolute atomic E-state index is 0.0567. The number of hydrogen-bond donors (Lipinski definition) is 1. The standard InChI is InChI=1S/C16H20N6O3/c1-20-12(9-13(23)21(2)16(20)25)14(24)19-11-5-3-8-22(10-11)15-17-6-4-7-18-15/h4,6-7,9,11H,3,5,8,10H2,1-2H3,(H,19,24)/t11-/m1/s1. The fourth-order valence-corrected chi connectivity index (χ4v) is 2.94. The van der Waals surface area contributed by atoms with Gasteiger partial charge in [-0.25, -0.2) is 14.8 Å². The monoisotopic (exact) mass is 344 g/mol. The third-order valence-corrected chi connectivity index (χ3v) is 4.35. The maximum Gasteiger partial charge on any atom is 0.331 e. The van der Waals surface area contributed by atoms with Gasteiger partial charge in [0, 0.05) is 51.7 Å². The van der Waals surface area contributed by atoms with Crippen LogP contribution >= 0.6 is 0 Å². The largest absolute Gasteiger partial charge is 0.346 e. The van der Waals surface area contributed by atoms with Gasteiger partial charge in [0.2, 0.25) is 5.95 Å². The van der Waals surface area contributed by atoms with Crippen molar-refractivity contribution in [2.24, 2.45) is 14.1 Å². The lowest BCUT2D eigenvalue weighted by Gasteiger charge is -2.33. The summed E-state index contributed by atoms with van der Waals surface area (Å²) in [5, 5.41) is 2.91. The Balaban J connectivity index is 1.75. The van der Waals surface area contributed by atoms with E-state index in [1.54, 1.807) is 18.5 Å². The molecule has 3 rings (SSSR count). The van der Waals surface area contributed by atoms with Crippen LogP contribution in [0.1, 0.15) is 23.3 Å². The average molecular weight is 344 g/mol. The van der Waals surface area contributed by atoms with Gasteiger partial charge in [-0.1, -0.05) is 0 Å². The van der Waals surface area contributed by atoms with Crippen molar-refractivity contribution in [3.8, 4) is 0 Å². The maximum atomic E-state index is 12.5. The first-order valence-electron chi connectivity index (χ1n) is 8.07. The molecule has 0 aromatic carbocycles. The summed E-state index contributed by atoms with van der Waals surface area (Å²) in [6.45, 7) is 1.40. The highest BCUT2D eigenvalue weighted by molar-refractivity contribution is 5.92. The smallest absolute Gasteiger partial charge is 0.331 e. The van der Waals surface area contributed by atoms with E-state index in [0.29, 0.717) is 12.5 Å². The number of piperidine rings is 1. The quantitative estimate of drug-likeness (QED) is 0.788. The number of hydrogen-bond acceptors (Lipinski definition) is 6. The third-order valence-electron chi connectivity index (χ3n) is 4.35. The number of amides is 1. The Kier molecular flexibility index (Phi) is 4.64.